The van der Waals surface area contributed by atoms with Gasteiger partial charge in [0.2, 0.25) is 0 Å². The third kappa shape index (κ3) is 4.39. The number of anilines is 1. The molecule has 0 unspecified atom stereocenters. The van der Waals surface area contributed by atoms with Gasteiger partial charge in [-0.05, 0) is 19.1 Å². The van der Waals surface area contributed by atoms with Crippen molar-refractivity contribution in [2.24, 2.45) is 0 Å². The fourth-order valence-electron chi connectivity index (χ4n) is 1.36. The number of ether oxygens (including phenoxy) is 1. The Bertz CT molecular complexity index is 447. The molecule has 18 heavy (non-hydrogen) atoms. The molecule has 5 heteroatoms. The van der Waals surface area contributed by atoms with Gasteiger partial charge in [-0.25, -0.2) is 4.79 Å². The molecule has 0 bridgehead atoms. The smallest absolute Gasteiger partial charge is 0.319 e. The van der Waals surface area contributed by atoms with Crippen LogP contribution >= 0.6 is 11.6 Å². The van der Waals surface area contributed by atoms with E-state index in [1.165, 1.54) is 0 Å². The van der Waals surface area contributed by atoms with Crippen LogP contribution in [-0.2, 0) is 11.3 Å². The molecule has 1 rings (SSSR count). The van der Waals surface area contributed by atoms with Gasteiger partial charge in [-0.15, -0.1) is 0 Å². The number of urea groups is 1. The average Bonchev–Trinajstić information content (AvgIpc) is 2.31. The number of rotatable bonds is 5. The van der Waals surface area contributed by atoms with Crippen LogP contribution in [0.15, 0.2) is 30.4 Å². The zero-order chi connectivity index (χ0) is 13.5. The van der Waals surface area contributed by atoms with E-state index in [9.17, 15) is 4.79 Å². The van der Waals surface area contributed by atoms with Gasteiger partial charge >= 0.3 is 6.03 Å². The van der Waals surface area contributed by atoms with Gasteiger partial charge in [0.05, 0.1) is 6.61 Å². The van der Waals surface area contributed by atoms with Crippen LogP contribution in [-0.4, -0.2) is 19.7 Å². The highest BCUT2D eigenvalue weighted by molar-refractivity contribution is 6.31. The minimum atomic E-state index is -0.294. The first-order valence-electron chi connectivity index (χ1n) is 5.50. The van der Waals surface area contributed by atoms with E-state index < -0.39 is 0 Å². The molecule has 2 amide bonds. The van der Waals surface area contributed by atoms with Crippen molar-refractivity contribution in [2.75, 3.05) is 19.0 Å². The molecule has 1 aromatic carbocycles. The average molecular weight is 269 g/mol. The number of carbonyl (C=O) groups excluding carboxylic acids is 1. The topological polar surface area (TPSA) is 50.4 Å². The quantitative estimate of drug-likeness (QED) is 0.806. The van der Waals surface area contributed by atoms with Crippen molar-refractivity contribution in [3.63, 3.8) is 0 Å². The Morgan fingerprint density at radius 3 is 2.83 bits per heavy atom. The fraction of sp³-hybridized carbons (Fsp3) is 0.308. The van der Waals surface area contributed by atoms with E-state index in [1.807, 2.05) is 6.92 Å². The molecule has 0 fully saturated rings. The third-order valence-corrected chi connectivity index (χ3v) is 2.56. The third-order valence-electron chi connectivity index (χ3n) is 2.21. The zero-order valence-electron chi connectivity index (χ0n) is 10.5. The van der Waals surface area contributed by atoms with E-state index in [4.69, 9.17) is 16.3 Å². The summed E-state index contributed by atoms with van der Waals surface area (Å²) in [5, 5.41) is 5.99. The Morgan fingerprint density at radius 2 is 2.22 bits per heavy atom. The van der Waals surface area contributed by atoms with Crippen molar-refractivity contribution in [3.8, 4) is 0 Å². The van der Waals surface area contributed by atoms with Crippen LogP contribution in [0, 0.1) is 0 Å². The lowest BCUT2D eigenvalue weighted by Gasteiger charge is -2.12. The Labute approximate surface area is 112 Å². The Kier molecular flexibility index (Phi) is 5.68. The molecule has 0 radical (unpaired) electrons. The number of methoxy groups -OCH3 is 1. The maximum absolute atomic E-state index is 11.6. The van der Waals surface area contributed by atoms with Crippen molar-refractivity contribution in [1.29, 1.82) is 0 Å². The van der Waals surface area contributed by atoms with Crippen LogP contribution in [0.1, 0.15) is 12.5 Å². The molecule has 0 aliphatic heterocycles. The SMILES string of the molecule is C=C(C)CNC(=O)Nc1cccc(Cl)c1COC. The first-order valence-corrected chi connectivity index (χ1v) is 5.88. The fourth-order valence-corrected chi connectivity index (χ4v) is 1.59. The van der Waals surface area contributed by atoms with Gasteiger partial charge in [0, 0.05) is 29.9 Å². The maximum atomic E-state index is 11.6. The van der Waals surface area contributed by atoms with E-state index in [2.05, 4.69) is 17.2 Å². The molecule has 0 saturated heterocycles. The number of halogens is 1. The molecule has 1 aromatic rings. The predicted molar refractivity (Wildman–Crippen MR) is 74.0 cm³/mol. The van der Waals surface area contributed by atoms with Crippen molar-refractivity contribution in [2.45, 2.75) is 13.5 Å². The van der Waals surface area contributed by atoms with Crippen molar-refractivity contribution >= 4 is 23.3 Å². The summed E-state index contributed by atoms with van der Waals surface area (Å²) in [6.07, 6.45) is 0. The lowest BCUT2D eigenvalue weighted by Crippen LogP contribution is -2.30. The summed E-state index contributed by atoms with van der Waals surface area (Å²) in [5.41, 5.74) is 2.28. The van der Waals surface area contributed by atoms with E-state index >= 15 is 0 Å². The maximum Gasteiger partial charge on any atom is 0.319 e. The second-order valence-electron chi connectivity index (χ2n) is 3.96. The Balaban J connectivity index is 2.74. The van der Waals surface area contributed by atoms with Crippen molar-refractivity contribution in [1.82, 2.24) is 5.32 Å². The van der Waals surface area contributed by atoms with Gasteiger partial charge in [0.25, 0.3) is 0 Å². The summed E-state index contributed by atoms with van der Waals surface area (Å²) in [4.78, 5) is 11.6. The zero-order valence-corrected chi connectivity index (χ0v) is 11.3. The standard InChI is InChI=1S/C13H17ClN2O2/c1-9(2)7-15-13(17)16-12-6-4-5-11(14)10(12)8-18-3/h4-6H,1,7-8H2,2-3H3,(H2,15,16,17). The summed E-state index contributed by atoms with van der Waals surface area (Å²) >= 11 is 6.05. The van der Waals surface area contributed by atoms with E-state index in [1.54, 1.807) is 25.3 Å². The molecular weight excluding hydrogens is 252 g/mol. The number of hydrogen-bond acceptors (Lipinski definition) is 2. The van der Waals surface area contributed by atoms with Gasteiger partial charge in [-0.2, -0.15) is 0 Å². The highest BCUT2D eigenvalue weighted by Gasteiger charge is 2.09. The van der Waals surface area contributed by atoms with E-state index in [0.29, 0.717) is 23.9 Å². The van der Waals surface area contributed by atoms with Crippen LogP contribution in [0.25, 0.3) is 0 Å². The minimum absolute atomic E-state index is 0.294. The monoisotopic (exact) mass is 268 g/mol. The van der Waals surface area contributed by atoms with E-state index in [-0.39, 0.29) is 6.03 Å². The summed E-state index contributed by atoms with van der Waals surface area (Å²) in [6, 6.07) is 5.01. The molecule has 98 valence electrons. The van der Waals surface area contributed by atoms with Gasteiger partial charge in [-0.1, -0.05) is 29.8 Å². The Morgan fingerprint density at radius 1 is 1.50 bits per heavy atom. The van der Waals surface area contributed by atoms with Gasteiger partial charge in [0.15, 0.2) is 0 Å². The summed E-state index contributed by atoms with van der Waals surface area (Å²) in [5.74, 6) is 0. The van der Waals surface area contributed by atoms with Crippen LogP contribution < -0.4 is 10.6 Å². The highest BCUT2D eigenvalue weighted by Crippen LogP contribution is 2.24. The lowest BCUT2D eigenvalue weighted by molar-refractivity contribution is 0.185. The highest BCUT2D eigenvalue weighted by atomic mass is 35.5. The molecule has 0 aliphatic carbocycles. The van der Waals surface area contributed by atoms with E-state index in [0.717, 1.165) is 11.1 Å². The predicted octanol–water partition coefficient (Wildman–Crippen LogP) is 3.18. The number of benzene rings is 1. The molecular formula is C13H17ClN2O2. The molecule has 0 heterocycles. The lowest BCUT2D eigenvalue weighted by atomic mass is 10.2. The summed E-state index contributed by atoms with van der Waals surface area (Å²) in [7, 11) is 1.58. The van der Waals surface area contributed by atoms with Crippen LogP contribution in [0.2, 0.25) is 5.02 Å². The molecule has 0 atom stereocenters. The molecule has 0 aromatic heterocycles. The van der Waals surface area contributed by atoms with Crippen LogP contribution in [0.5, 0.6) is 0 Å². The molecule has 2 N–H and O–H groups in total. The Hall–Kier alpha value is -1.52. The van der Waals surface area contributed by atoms with Gasteiger partial charge < -0.3 is 15.4 Å². The number of hydrogen-bond donors (Lipinski definition) is 2. The van der Waals surface area contributed by atoms with Crippen LogP contribution in [0.4, 0.5) is 10.5 Å². The molecule has 0 aliphatic rings. The van der Waals surface area contributed by atoms with Gasteiger partial charge in [-0.3, -0.25) is 0 Å². The van der Waals surface area contributed by atoms with Crippen molar-refractivity contribution in [3.05, 3.63) is 40.9 Å². The number of amides is 2. The minimum Gasteiger partial charge on any atom is -0.380 e. The van der Waals surface area contributed by atoms with Gasteiger partial charge in [0.1, 0.15) is 0 Å². The van der Waals surface area contributed by atoms with Crippen molar-refractivity contribution < 1.29 is 9.53 Å². The van der Waals surface area contributed by atoms with Crippen LogP contribution in [0.3, 0.4) is 0 Å². The normalized spacial score (nSPS) is 9.94. The first-order chi connectivity index (χ1) is 8.54. The summed E-state index contributed by atoms with van der Waals surface area (Å²) in [6.45, 7) is 6.33. The number of carbonyl (C=O) groups is 1. The largest absolute Gasteiger partial charge is 0.380 e. The second-order valence-corrected chi connectivity index (χ2v) is 4.37. The molecule has 4 nitrogen and oxygen atoms in total. The summed E-state index contributed by atoms with van der Waals surface area (Å²) < 4.78 is 5.06. The molecule has 0 saturated carbocycles. The number of nitrogens with one attached hydrogen (secondary N) is 2. The first kappa shape index (κ1) is 14.5. The second kappa shape index (κ2) is 7.03. The molecule has 0 spiro atoms.